The van der Waals surface area contributed by atoms with Crippen LogP contribution >= 0.6 is 0 Å². The molecule has 0 spiro atoms. The number of halogens is 4. The van der Waals surface area contributed by atoms with Gasteiger partial charge in [-0.2, -0.15) is 17.6 Å². The number of alkyl halides is 3. The molecular weight excluding hydrogens is 164 g/mol. The Labute approximate surface area is 59.6 Å². The van der Waals surface area contributed by atoms with E-state index in [1.807, 2.05) is 0 Å². The maximum Gasteiger partial charge on any atom is 0.416 e. The molecule has 0 unspecified atom stereocenters. The molecule has 11 heavy (non-hydrogen) atoms. The lowest BCUT2D eigenvalue weighted by Gasteiger charge is -2.12. The first kappa shape index (κ1) is 8.03. The van der Waals surface area contributed by atoms with Crippen molar-refractivity contribution < 1.29 is 17.6 Å². The molecule has 0 aromatic carbocycles. The van der Waals surface area contributed by atoms with Gasteiger partial charge in [0.15, 0.2) is 0 Å². The Morgan fingerprint density at radius 2 is 2.00 bits per heavy atom. The van der Waals surface area contributed by atoms with Crippen molar-refractivity contribution in [3.63, 3.8) is 0 Å². The third-order valence-corrected chi connectivity index (χ3v) is 0.991. The third kappa shape index (κ3) is 1.92. The summed E-state index contributed by atoms with van der Waals surface area (Å²) < 4.78 is 47.2. The lowest BCUT2D eigenvalue weighted by atomic mass is 10.2. The first-order chi connectivity index (χ1) is 5.00. The second-order valence-electron chi connectivity index (χ2n) is 1.79. The Morgan fingerprint density at radius 3 is 2.36 bits per heavy atom. The van der Waals surface area contributed by atoms with Crippen molar-refractivity contribution >= 4 is 6.09 Å². The van der Waals surface area contributed by atoms with Crippen molar-refractivity contribution in [1.29, 1.82) is 0 Å². The van der Waals surface area contributed by atoms with E-state index in [1.165, 1.54) is 0 Å². The summed E-state index contributed by atoms with van der Waals surface area (Å²) >= 11 is 0. The molecule has 1 aliphatic rings. The lowest BCUT2D eigenvalue weighted by Crippen LogP contribution is -2.26. The predicted octanol–water partition coefficient (Wildman–Crippen LogP) is 1.52. The maximum atomic E-state index is 11.9. The highest BCUT2D eigenvalue weighted by atomic mass is 19.4. The number of hydrogen-bond acceptors (Lipinski definition) is 2. The van der Waals surface area contributed by atoms with E-state index >= 15 is 0 Å². The molecule has 0 aliphatic carbocycles. The van der Waals surface area contributed by atoms with Gasteiger partial charge >= 0.3 is 6.18 Å². The van der Waals surface area contributed by atoms with Gasteiger partial charge in [-0.15, -0.1) is 0 Å². The molecule has 1 N–H and O–H groups in total. The molecule has 0 fully saturated rings. The molecular formula is C5H3F4N2. The van der Waals surface area contributed by atoms with E-state index in [-0.39, 0.29) is 0 Å². The van der Waals surface area contributed by atoms with Crippen LogP contribution < -0.4 is 5.32 Å². The molecule has 0 aromatic rings. The van der Waals surface area contributed by atoms with E-state index < -0.39 is 17.8 Å². The Hall–Kier alpha value is -1.07. The van der Waals surface area contributed by atoms with E-state index in [2.05, 4.69) is 4.99 Å². The van der Waals surface area contributed by atoms with Crippen LogP contribution in [0.4, 0.5) is 17.6 Å². The third-order valence-electron chi connectivity index (χ3n) is 0.991. The number of nitrogens with zero attached hydrogens (tertiary/aromatic N) is 1. The molecule has 0 amide bonds. The van der Waals surface area contributed by atoms with Gasteiger partial charge in [0.25, 0.3) is 6.09 Å². The van der Waals surface area contributed by atoms with Gasteiger partial charge in [-0.25, -0.2) is 4.99 Å². The quantitative estimate of drug-likeness (QED) is 0.429. The highest BCUT2D eigenvalue weighted by molar-refractivity contribution is 5.75. The van der Waals surface area contributed by atoms with Crippen LogP contribution in [0.5, 0.6) is 0 Å². The van der Waals surface area contributed by atoms with Crippen LogP contribution in [0, 0.1) is 6.54 Å². The van der Waals surface area contributed by atoms with Crippen molar-refractivity contribution in [1.82, 2.24) is 5.32 Å². The minimum atomic E-state index is -4.47. The number of nitrogens with one attached hydrogen (secondary N) is 1. The van der Waals surface area contributed by atoms with Gasteiger partial charge in [0.05, 0.1) is 12.1 Å². The molecule has 6 heteroatoms. The topological polar surface area (TPSA) is 24.4 Å². The highest BCUT2D eigenvalue weighted by Crippen LogP contribution is 2.27. The highest BCUT2D eigenvalue weighted by Gasteiger charge is 2.34. The fourth-order valence-corrected chi connectivity index (χ4v) is 0.493. The number of hydrogen-bond donors (Lipinski definition) is 1. The van der Waals surface area contributed by atoms with Crippen LogP contribution in [0.15, 0.2) is 16.8 Å². The van der Waals surface area contributed by atoms with E-state index in [1.54, 1.807) is 5.32 Å². The number of aliphatic imine (C=N–C) groups is 1. The fraction of sp³-hybridized carbons (Fsp3) is 0.200. The van der Waals surface area contributed by atoms with Gasteiger partial charge in [0.1, 0.15) is 0 Å². The van der Waals surface area contributed by atoms with Crippen LogP contribution in [0.2, 0.25) is 0 Å². The van der Waals surface area contributed by atoms with E-state index in [4.69, 9.17) is 0 Å². The Morgan fingerprint density at radius 1 is 1.36 bits per heavy atom. The van der Waals surface area contributed by atoms with E-state index in [9.17, 15) is 17.6 Å². The molecule has 2 nitrogen and oxygen atoms in total. The van der Waals surface area contributed by atoms with Crippen LogP contribution in [0.1, 0.15) is 0 Å². The zero-order chi connectivity index (χ0) is 8.48. The molecule has 0 bridgehead atoms. The summed E-state index contributed by atoms with van der Waals surface area (Å²) in [4.78, 5) is 2.80. The summed E-state index contributed by atoms with van der Waals surface area (Å²) in [6.45, 7) is 0.516. The summed E-state index contributed by atoms with van der Waals surface area (Å²) in [5.41, 5.74) is -1.00. The largest absolute Gasteiger partial charge is 0.416 e. The van der Waals surface area contributed by atoms with Crippen LogP contribution in [-0.2, 0) is 0 Å². The smallest absolute Gasteiger partial charge is 0.337 e. The first-order valence-electron chi connectivity index (χ1n) is 2.60. The lowest BCUT2D eigenvalue weighted by molar-refractivity contribution is -0.0904. The number of rotatable bonds is 0. The van der Waals surface area contributed by atoms with Gasteiger partial charge in [-0.1, -0.05) is 0 Å². The fourth-order valence-electron chi connectivity index (χ4n) is 0.493. The predicted molar refractivity (Wildman–Crippen MR) is 30.1 cm³/mol. The minimum Gasteiger partial charge on any atom is -0.337 e. The average Bonchev–Trinajstić information content (AvgIpc) is 1.86. The van der Waals surface area contributed by atoms with Gasteiger partial charge in [-0.3, -0.25) is 0 Å². The summed E-state index contributed by atoms with van der Waals surface area (Å²) in [7, 11) is 0. The SMILES string of the molecule is FC1=NC=C(C(F)(F)F)[CH]N1. The molecule has 1 heterocycles. The molecule has 1 rings (SSSR count). The summed E-state index contributed by atoms with van der Waals surface area (Å²) in [6.07, 6.45) is -5.10. The molecule has 61 valence electrons. The Bertz CT molecular complexity index is 215. The summed E-state index contributed by atoms with van der Waals surface area (Å²) in [5.74, 6) is 0. The molecule has 0 atom stereocenters. The van der Waals surface area contributed by atoms with Crippen molar-refractivity contribution in [2.75, 3.05) is 0 Å². The second kappa shape index (κ2) is 2.52. The molecule has 1 aliphatic heterocycles. The van der Waals surface area contributed by atoms with Gasteiger partial charge in [0, 0.05) is 6.20 Å². The van der Waals surface area contributed by atoms with Crippen molar-refractivity contribution in [3.8, 4) is 0 Å². The molecule has 0 aromatic heterocycles. The average molecular weight is 167 g/mol. The molecule has 1 radical (unpaired) electrons. The van der Waals surface area contributed by atoms with Gasteiger partial charge in [0.2, 0.25) is 0 Å². The molecule has 0 saturated heterocycles. The van der Waals surface area contributed by atoms with E-state index in [0.717, 1.165) is 0 Å². The normalized spacial score (nSPS) is 18.5. The first-order valence-corrected chi connectivity index (χ1v) is 2.60. The van der Waals surface area contributed by atoms with E-state index in [0.29, 0.717) is 12.7 Å². The summed E-state index contributed by atoms with van der Waals surface area (Å²) in [5, 5.41) is 1.71. The second-order valence-corrected chi connectivity index (χ2v) is 1.79. The van der Waals surface area contributed by atoms with Crippen LogP contribution in [0.3, 0.4) is 0 Å². The van der Waals surface area contributed by atoms with Crippen LogP contribution in [-0.4, -0.2) is 12.3 Å². The Kier molecular flexibility index (Phi) is 1.84. The minimum absolute atomic E-state index is 0.422. The Balaban J connectivity index is 2.77. The van der Waals surface area contributed by atoms with Crippen molar-refractivity contribution in [2.24, 2.45) is 4.99 Å². The van der Waals surface area contributed by atoms with Crippen LogP contribution in [0.25, 0.3) is 0 Å². The summed E-state index contributed by atoms with van der Waals surface area (Å²) in [6, 6.07) is 0. The zero-order valence-electron chi connectivity index (χ0n) is 5.11. The monoisotopic (exact) mass is 167 g/mol. The van der Waals surface area contributed by atoms with Gasteiger partial charge in [-0.05, 0) is 0 Å². The van der Waals surface area contributed by atoms with Crippen molar-refractivity contribution in [3.05, 3.63) is 18.3 Å². The van der Waals surface area contributed by atoms with Gasteiger partial charge < -0.3 is 5.32 Å². The van der Waals surface area contributed by atoms with Crippen molar-refractivity contribution in [2.45, 2.75) is 6.18 Å². The molecule has 0 saturated carbocycles. The standard InChI is InChI=1S/C5H3F4N2/c6-4-10-1-3(2-11-4)5(7,8)9/h1-2H,(H,10,11). The maximum absolute atomic E-state index is 11.9. The number of amidine groups is 1. The zero-order valence-corrected chi connectivity index (χ0v) is 5.11.